The van der Waals surface area contributed by atoms with Crippen LogP contribution in [-0.2, 0) is 10.0 Å². The van der Waals surface area contributed by atoms with Gasteiger partial charge in [0.1, 0.15) is 6.07 Å². The van der Waals surface area contributed by atoms with Crippen molar-refractivity contribution in [2.24, 2.45) is 0 Å². The molecule has 0 radical (unpaired) electrons. The van der Waals surface area contributed by atoms with Crippen molar-refractivity contribution in [1.29, 1.82) is 5.26 Å². The number of sulfonamides is 1. The molecule has 1 heterocycles. The molecule has 116 valence electrons. The topological polar surface area (TPSA) is 73.2 Å². The molecule has 8 heteroatoms. The lowest BCUT2D eigenvalue weighted by Gasteiger charge is -2.30. The van der Waals surface area contributed by atoms with Gasteiger partial charge in [0.2, 0.25) is 10.0 Å². The first kappa shape index (κ1) is 18.2. The normalized spacial score (nSPS) is 16.3. The van der Waals surface area contributed by atoms with Crippen LogP contribution in [0.4, 0.5) is 0 Å². The average Bonchev–Trinajstić information content (AvgIpc) is 2.47. The number of halogens is 2. The minimum Gasteiger partial charge on any atom is -0.317 e. The third kappa shape index (κ3) is 3.87. The Morgan fingerprint density at radius 3 is 2.52 bits per heavy atom. The van der Waals surface area contributed by atoms with Gasteiger partial charge in [0.25, 0.3) is 0 Å². The summed E-state index contributed by atoms with van der Waals surface area (Å²) in [6.07, 6.45) is 1.58. The molecule has 1 aliphatic heterocycles. The molecule has 0 aromatic heterocycles. The highest BCUT2D eigenvalue weighted by Gasteiger charge is 2.29. The zero-order valence-electron chi connectivity index (χ0n) is 11.5. The van der Waals surface area contributed by atoms with Crippen LogP contribution in [0.25, 0.3) is 0 Å². The number of hydrogen-bond acceptors (Lipinski definition) is 4. The smallest absolute Gasteiger partial charge is 0.243 e. The lowest BCUT2D eigenvalue weighted by molar-refractivity contribution is 0.296. The fourth-order valence-corrected chi connectivity index (χ4v) is 4.01. The SMILES string of the molecule is CN(C1CCNCC1)S(=O)(=O)c1ccc(C#N)c(Cl)c1.Cl. The van der Waals surface area contributed by atoms with E-state index in [0.717, 1.165) is 25.9 Å². The third-order valence-corrected chi connectivity index (χ3v) is 5.78. The zero-order valence-corrected chi connectivity index (χ0v) is 13.9. The Kier molecular flexibility index (Phi) is 6.44. The van der Waals surface area contributed by atoms with Crippen LogP contribution in [0.5, 0.6) is 0 Å². The first-order valence-electron chi connectivity index (χ1n) is 6.35. The number of nitrogens with one attached hydrogen (secondary N) is 1. The van der Waals surface area contributed by atoms with Crippen molar-refractivity contribution in [2.75, 3.05) is 20.1 Å². The Bertz CT molecular complexity index is 637. The molecule has 0 amide bonds. The summed E-state index contributed by atoms with van der Waals surface area (Å²) in [7, 11) is -1.98. The first-order valence-corrected chi connectivity index (χ1v) is 8.17. The zero-order chi connectivity index (χ0) is 14.8. The molecule has 0 spiro atoms. The maximum absolute atomic E-state index is 12.5. The highest BCUT2D eigenvalue weighted by molar-refractivity contribution is 7.89. The maximum atomic E-state index is 12.5. The number of rotatable bonds is 3. The number of hydrogen-bond donors (Lipinski definition) is 1. The molecule has 1 aliphatic rings. The summed E-state index contributed by atoms with van der Waals surface area (Å²) < 4.78 is 26.5. The van der Waals surface area contributed by atoms with Crippen molar-refractivity contribution in [3.05, 3.63) is 28.8 Å². The Balaban J connectivity index is 0.00000220. The summed E-state index contributed by atoms with van der Waals surface area (Å²) in [6.45, 7) is 1.64. The molecule has 0 aliphatic carbocycles. The molecular weight excluding hydrogens is 333 g/mol. The summed E-state index contributed by atoms with van der Waals surface area (Å²) in [4.78, 5) is 0.127. The Labute approximate surface area is 136 Å². The van der Waals surface area contributed by atoms with Gasteiger partial charge >= 0.3 is 0 Å². The Morgan fingerprint density at radius 2 is 2.00 bits per heavy atom. The molecular formula is C13H17Cl2N3O2S. The van der Waals surface area contributed by atoms with E-state index in [0.29, 0.717) is 0 Å². The van der Waals surface area contributed by atoms with Gasteiger partial charge in [0.05, 0.1) is 15.5 Å². The summed E-state index contributed by atoms with van der Waals surface area (Å²) in [5.41, 5.74) is 0.273. The largest absolute Gasteiger partial charge is 0.317 e. The van der Waals surface area contributed by atoms with Crippen LogP contribution in [0.3, 0.4) is 0 Å². The number of benzene rings is 1. The van der Waals surface area contributed by atoms with Crippen LogP contribution in [0.2, 0.25) is 5.02 Å². The minimum absolute atomic E-state index is 0. The molecule has 0 atom stereocenters. The highest BCUT2D eigenvalue weighted by Crippen LogP contribution is 2.25. The second-order valence-electron chi connectivity index (χ2n) is 4.76. The quantitative estimate of drug-likeness (QED) is 0.905. The van der Waals surface area contributed by atoms with Gasteiger partial charge in [-0.25, -0.2) is 8.42 Å². The predicted octanol–water partition coefficient (Wildman–Crippen LogP) is 2.01. The van der Waals surface area contributed by atoms with Crippen molar-refractivity contribution in [3.8, 4) is 6.07 Å². The summed E-state index contributed by atoms with van der Waals surface area (Å²) in [6, 6.07) is 6.12. The van der Waals surface area contributed by atoms with Crippen LogP contribution in [-0.4, -0.2) is 38.9 Å². The van der Waals surface area contributed by atoms with Crippen molar-refractivity contribution < 1.29 is 8.42 Å². The molecule has 2 rings (SSSR count). The highest BCUT2D eigenvalue weighted by atomic mass is 35.5. The van der Waals surface area contributed by atoms with Gasteiger partial charge in [-0.2, -0.15) is 9.57 Å². The molecule has 1 saturated heterocycles. The van der Waals surface area contributed by atoms with E-state index in [1.165, 1.54) is 22.5 Å². The van der Waals surface area contributed by atoms with Gasteiger partial charge in [-0.1, -0.05) is 11.6 Å². The van der Waals surface area contributed by atoms with Gasteiger partial charge in [-0.05, 0) is 44.1 Å². The van der Waals surface area contributed by atoms with Crippen LogP contribution < -0.4 is 5.32 Å². The van der Waals surface area contributed by atoms with Gasteiger partial charge in [-0.3, -0.25) is 0 Å². The van der Waals surface area contributed by atoms with E-state index in [2.05, 4.69) is 5.32 Å². The lowest BCUT2D eigenvalue weighted by atomic mass is 10.1. The van der Waals surface area contributed by atoms with Crippen molar-refractivity contribution in [2.45, 2.75) is 23.8 Å². The van der Waals surface area contributed by atoms with Crippen molar-refractivity contribution in [3.63, 3.8) is 0 Å². The van der Waals surface area contributed by atoms with Crippen LogP contribution >= 0.6 is 24.0 Å². The van der Waals surface area contributed by atoms with Gasteiger partial charge < -0.3 is 5.32 Å². The fraction of sp³-hybridized carbons (Fsp3) is 0.462. The fourth-order valence-electron chi connectivity index (χ4n) is 2.28. The molecule has 5 nitrogen and oxygen atoms in total. The molecule has 0 bridgehead atoms. The van der Waals surface area contributed by atoms with E-state index in [1.807, 2.05) is 6.07 Å². The van der Waals surface area contributed by atoms with E-state index >= 15 is 0 Å². The molecule has 21 heavy (non-hydrogen) atoms. The van der Waals surface area contributed by atoms with Crippen LogP contribution in [0, 0.1) is 11.3 Å². The number of nitrogens with zero attached hydrogens (tertiary/aromatic N) is 2. The second-order valence-corrected chi connectivity index (χ2v) is 7.16. The summed E-state index contributed by atoms with van der Waals surface area (Å²) in [5.74, 6) is 0. The maximum Gasteiger partial charge on any atom is 0.243 e. The van der Waals surface area contributed by atoms with Crippen molar-refractivity contribution >= 4 is 34.0 Å². The average molecular weight is 350 g/mol. The van der Waals surface area contributed by atoms with Gasteiger partial charge in [-0.15, -0.1) is 12.4 Å². The second kappa shape index (κ2) is 7.43. The van der Waals surface area contributed by atoms with E-state index in [-0.39, 0.29) is 33.9 Å². The molecule has 1 aromatic carbocycles. The Hall–Kier alpha value is -0.840. The van der Waals surface area contributed by atoms with Gasteiger partial charge in [0.15, 0.2) is 0 Å². The monoisotopic (exact) mass is 349 g/mol. The predicted molar refractivity (Wildman–Crippen MR) is 84.3 cm³/mol. The molecule has 1 fully saturated rings. The minimum atomic E-state index is -3.57. The molecule has 0 saturated carbocycles. The Morgan fingerprint density at radius 1 is 1.38 bits per heavy atom. The molecule has 0 unspecified atom stereocenters. The number of nitriles is 1. The molecule has 1 aromatic rings. The molecule has 1 N–H and O–H groups in total. The van der Waals surface area contributed by atoms with Crippen LogP contribution in [0.1, 0.15) is 18.4 Å². The standard InChI is InChI=1S/C13H16ClN3O2S.ClH/c1-17(11-4-6-16-7-5-11)20(18,19)12-3-2-10(9-15)13(14)8-12;/h2-3,8,11,16H,4-7H2,1H3;1H. The van der Waals surface area contributed by atoms with E-state index in [1.54, 1.807) is 7.05 Å². The van der Waals surface area contributed by atoms with E-state index in [4.69, 9.17) is 16.9 Å². The summed E-state index contributed by atoms with van der Waals surface area (Å²) >= 11 is 5.91. The summed E-state index contributed by atoms with van der Waals surface area (Å²) in [5, 5.41) is 12.2. The van der Waals surface area contributed by atoms with E-state index in [9.17, 15) is 8.42 Å². The number of piperidine rings is 1. The third-order valence-electron chi connectivity index (χ3n) is 3.56. The van der Waals surface area contributed by atoms with E-state index < -0.39 is 10.0 Å². The first-order chi connectivity index (χ1) is 9.46. The van der Waals surface area contributed by atoms with Crippen molar-refractivity contribution in [1.82, 2.24) is 9.62 Å². The lowest BCUT2D eigenvalue weighted by Crippen LogP contribution is -2.43. The van der Waals surface area contributed by atoms with Crippen LogP contribution in [0.15, 0.2) is 23.1 Å². The van der Waals surface area contributed by atoms with Gasteiger partial charge in [0, 0.05) is 13.1 Å².